The van der Waals surface area contributed by atoms with Gasteiger partial charge < -0.3 is 15.4 Å². The Morgan fingerprint density at radius 3 is 2.55 bits per heavy atom. The van der Waals surface area contributed by atoms with E-state index in [1.165, 1.54) is 6.92 Å². The molecule has 0 aliphatic heterocycles. The minimum absolute atomic E-state index is 0.105. The average molecular weight is 439 g/mol. The van der Waals surface area contributed by atoms with Crippen LogP contribution in [0.2, 0.25) is 0 Å². The fraction of sp³-hybridized carbons (Fsp3) is 0.304. The first kappa shape index (κ1) is 22.4. The quantitative estimate of drug-likeness (QED) is 0.473. The number of rotatable bonds is 10. The lowest BCUT2D eigenvalue weighted by atomic mass is 10.0. The van der Waals surface area contributed by atoms with Crippen LogP contribution in [0.25, 0.3) is 11.3 Å². The third-order valence-corrected chi connectivity index (χ3v) is 5.61. The monoisotopic (exact) mass is 438 g/mol. The second kappa shape index (κ2) is 11.2. The summed E-state index contributed by atoms with van der Waals surface area (Å²) in [5.41, 5.74) is 2.86. The first-order valence-corrected chi connectivity index (χ1v) is 11.0. The summed E-state index contributed by atoms with van der Waals surface area (Å²) in [7, 11) is 1.60. The van der Waals surface area contributed by atoms with Gasteiger partial charge in [-0.15, -0.1) is 11.3 Å². The SMILES string of the molecule is COc1ccc(C(CC(=O)NCCCc2nc(-c3ccncc3)cs2)NC(C)=O)cc1. The number of aryl methyl sites for hydroxylation is 1. The Labute approximate surface area is 185 Å². The second-order valence-electron chi connectivity index (χ2n) is 7.05. The maximum absolute atomic E-state index is 12.4. The Balaban J connectivity index is 1.46. The van der Waals surface area contributed by atoms with Gasteiger partial charge in [-0.1, -0.05) is 12.1 Å². The van der Waals surface area contributed by atoms with Crippen LogP contribution in [0.5, 0.6) is 5.75 Å². The maximum atomic E-state index is 12.4. The molecule has 0 radical (unpaired) electrons. The number of carbonyl (C=O) groups is 2. The van der Waals surface area contributed by atoms with Crippen LogP contribution in [0.3, 0.4) is 0 Å². The third-order valence-electron chi connectivity index (χ3n) is 4.70. The molecule has 0 bridgehead atoms. The van der Waals surface area contributed by atoms with E-state index in [0.717, 1.165) is 40.4 Å². The Kier molecular flexibility index (Phi) is 8.12. The number of nitrogens with one attached hydrogen (secondary N) is 2. The van der Waals surface area contributed by atoms with Gasteiger partial charge in [0.05, 0.1) is 30.3 Å². The van der Waals surface area contributed by atoms with E-state index in [1.807, 2.05) is 41.8 Å². The van der Waals surface area contributed by atoms with Gasteiger partial charge in [0.2, 0.25) is 11.8 Å². The smallest absolute Gasteiger partial charge is 0.222 e. The van der Waals surface area contributed by atoms with Crippen molar-refractivity contribution in [2.75, 3.05) is 13.7 Å². The Morgan fingerprint density at radius 2 is 1.87 bits per heavy atom. The maximum Gasteiger partial charge on any atom is 0.222 e. The molecule has 2 amide bonds. The van der Waals surface area contributed by atoms with E-state index in [2.05, 4.69) is 20.6 Å². The number of ether oxygens (including phenoxy) is 1. The largest absolute Gasteiger partial charge is 0.497 e. The van der Waals surface area contributed by atoms with E-state index in [-0.39, 0.29) is 24.3 Å². The number of pyridine rings is 1. The highest BCUT2D eigenvalue weighted by atomic mass is 32.1. The highest BCUT2D eigenvalue weighted by molar-refractivity contribution is 7.09. The van der Waals surface area contributed by atoms with Gasteiger partial charge in [0.25, 0.3) is 0 Å². The number of hydrogen-bond donors (Lipinski definition) is 2. The van der Waals surface area contributed by atoms with E-state index in [9.17, 15) is 9.59 Å². The topological polar surface area (TPSA) is 93.2 Å². The predicted molar refractivity (Wildman–Crippen MR) is 121 cm³/mol. The molecule has 31 heavy (non-hydrogen) atoms. The number of thiazole rings is 1. The summed E-state index contributed by atoms with van der Waals surface area (Å²) in [4.78, 5) is 32.7. The molecule has 0 saturated carbocycles. The van der Waals surface area contributed by atoms with Crippen molar-refractivity contribution in [3.8, 4) is 17.0 Å². The molecule has 162 valence electrons. The van der Waals surface area contributed by atoms with E-state index in [0.29, 0.717) is 6.54 Å². The lowest BCUT2D eigenvalue weighted by Crippen LogP contribution is -2.33. The van der Waals surface area contributed by atoms with Gasteiger partial charge in [-0.25, -0.2) is 4.98 Å². The Morgan fingerprint density at radius 1 is 1.13 bits per heavy atom. The zero-order valence-electron chi connectivity index (χ0n) is 17.6. The van der Waals surface area contributed by atoms with Gasteiger partial charge in [-0.3, -0.25) is 14.6 Å². The normalized spacial score (nSPS) is 11.5. The van der Waals surface area contributed by atoms with Crippen molar-refractivity contribution in [2.45, 2.75) is 32.2 Å². The number of benzene rings is 1. The summed E-state index contributed by atoms with van der Waals surface area (Å²) < 4.78 is 5.17. The Bertz CT molecular complexity index is 990. The molecule has 2 N–H and O–H groups in total. The van der Waals surface area contributed by atoms with E-state index in [4.69, 9.17) is 4.74 Å². The molecule has 2 aromatic heterocycles. The summed E-state index contributed by atoms with van der Waals surface area (Å²) in [6.45, 7) is 2.00. The summed E-state index contributed by atoms with van der Waals surface area (Å²) in [6, 6.07) is 10.8. The minimum Gasteiger partial charge on any atom is -0.497 e. The fourth-order valence-corrected chi connectivity index (χ4v) is 3.99. The summed E-state index contributed by atoms with van der Waals surface area (Å²) in [5, 5.41) is 8.86. The van der Waals surface area contributed by atoms with E-state index < -0.39 is 0 Å². The number of carbonyl (C=O) groups excluding carboxylic acids is 2. The molecular weight excluding hydrogens is 412 g/mol. The first-order chi connectivity index (χ1) is 15.0. The number of methoxy groups -OCH3 is 1. The van der Waals surface area contributed by atoms with Crippen molar-refractivity contribution in [1.82, 2.24) is 20.6 Å². The van der Waals surface area contributed by atoms with Gasteiger partial charge in [0.15, 0.2) is 0 Å². The molecule has 7 nitrogen and oxygen atoms in total. The van der Waals surface area contributed by atoms with Crippen molar-refractivity contribution in [3.05, 3.63) is 64.7 Å². The molecule has 0 saturated heterocycles. The molecule has 2 heterocycles. The van der Waals surface area contributed by atoms with E-state index >= 15 is 0 Å². The molecule has 1 atom stereocenters. The van der Waals surface area contributed by atoms with Crippen LogP contribution < -0.4 is 15.4 Å². The van der Waals surface area contributed by atoms with Crippen molar-refractivity contribution in [1.29, 1.82) is 0 Å². The highest BCUT2D eigenvalue weighted by Gasteiger charge is 2.17. The summed E-state index contributed by atoms with van der Waals surface area (Å²) in [5.74, 6) is 0.442. The van der Waals surface area contributed by atoms with Crippen LogP contribution in [-0.2, 0) is 16.0 Å². The number of nitrogens with zero attached hydrogens (tertiary/aromatic N) is 2. The molecule has 3 rings (SSSR count). The van der Waals surface area contributed by atoms with Gasteiger partial charge >= 0.3 is 0 Å². The van der Waals surface area contributed by atoms with Crippen molar-refractivity contribution in [2.24, 2.45) is 0 Å². The zero-order valence-corrected chi connectivity index (χ0v) is 18.4. The molecule has 3 aromatic rings. The predicted octanol–water partition coefficient (Wildman–Crippen LogP) is 3.53. The van der Waals surface area contributed by atoms with Gasteiger partial charge in [-0.2, -0.15) is 0 Å². The summed E-state index contributed by atoms with van der Waals surface area (Å²) >= 11 is 1.62. The van der Waals surface area contributed by atoms with Crippen LogP contribution in [0.15, 0.2) is 54.2 Å². The minimum atomic E-state index is -0.384. The van der Waals surface area contributed by atoms with Gasteiger partial charge in [0, 0.05) is 43.2 Å². The molecule has 0 fully saturated rings. The second-order valence-corrected chi connectivity index (χ2v) is 7.99. The van der Waals surface area contributed by atoms with Crippen LogP contribution in [-0.4, -0.2) is 35.4 Å². The lowest BCUT2D eigenvalue weighted by Gasteiger charge is -2.18. The van der Waals surface area contributed by atoms with E-state index in [1.54, 1.807) is 30.8 Å². The first-order valence-electron chi connectivity index (χ1n) is 10.1. The standard InChI is InChI=1S/C23H26N4O3S/c1-16(28)26-20(17-5-7-19(30-2)8-6-17)14-22(29)25-11-3-4-23-27-21(15-31-23)18-9-12-24-13-10-18/h5-10,12-13,15,20H,3-4,11,14H2,1-2H3,(H,25,29)(H,26,28). The molecule has 0 aliphatic rings. The van der Waals surface area contributed by atoms with Crippen LogP contribution in [0, 0.1) is 0 Å². The molecule has 0 aliphatic carbocycles. The lowest BCUT2D eigenvalue weighted by molar-refractivity contribution is -0.122. The highest BCUT2D eigenvalue weighted by Crippen LogP contribution is 2.22. The molecule has 1 aromatic carbocycles. The Hall–Kier alpha value is -3.26. The van der Waals surface area contributed by atoms with Crippen LogP contribution in [0.1, 0.15) is 36.4 Å². The number of amides is 2. The number of aromatic nitrogens is 2. The van der Waals surface area contributed by atoms with Crippen molar-refractivity contribution < 1.29 is 14.3 Å². The number of hydrogen-bond acceptors (Lipinski definition) is 6. The van der Waals surface area contributed by atoms with Crippen LogP contribution in [0.4, 0.5) is 0 Å². The van der Waals surface area contributed by atoms with Crippen LogP contribution >= 0.6 is 11.3 Å². The molecule has 8 heteroatoms. The molecule has 0 spiro atoms. The molecular formula is C23H26N4O3S. The summed E-state index contributed by atoms with van der Waals surface area (Å²) in [6.07, 6.45) is 5.27. The average Bonchev–Trinajstić information content (AvgIpc) is 3.26. The van der Waals surface area contributed by atoms with Crippen molar-refractivity contribution in [3.63, 3.8) is 0 Å². The van der Waals surface area contributed by atoms with Gasteiger partial charge in [0.1, 0.15) is 5.75 Å². The van der Waals surface area contributed by atoms with Gasteiger partial charge in [-0.05, 0) is 36.2 Å². The fourth-order valence-electron chi connectivity index (χ4n) is 3.14. The zero-order chi connectivity index (χ0) is 22.1. The molecule has 1 unspecified atom stereocenters. The third kappa shape index (κ3) is 6.89. The van der Waals surface area contributed by atoms with Crippen molar-refractivity contribution >= 4 is 23.2 Å².